The molecule has 4 aromatic rings. The van der Waals surface area contributed by atoms with Gasteiger partial charge in [0.1, 0.15) is 17.2 Å². The molecule has 0 bridgehead atoms. The quantitative estimate of drug-likeness (QED) is 0.383. The van der Waals surface area contributed by atoms with E-state index >= 15 is 0 Å². The van der Waals surface area contributed by atoms with Gasteiger partial charge in [0.25, 0.3) is 0 Å². The number of hydrogen-bond donors (Lipinski definition) is 1. The fourth-order valence-electron chi connectivity index (χ4n) is 3.28. The molecule has 4 heteroatoms. The normalized spacial score (nSPS) is 11.0. The molecule has 0 unspecified atom stereocenters. The number of carboxylic acids is 1. The summed E-state index contributed by atoms with van der Waals surface area (Å²) in [6.07, 6.45) is 2.66. The van der Waals surface area contributed by atoms with Gasteiger partial charge in [-0.25, -0.2) is 4.79 Å². The van der Waals surface area contributed by atoms with Crippen molar-refractivity contribution >= 4 is 22.8 Å². The van der Waals surface area contributed by atoms with Gasteiger partial charge in [-0.05, 0) is 52.9 Å². The smallest absolute Gasteiger partial charge is 0.328 e. The molecule has 0 atom stereocenters. The minimum absolute atomic E-state index is 0.675. The topological polar surface area (TPSA) is 55.8 Å². The Bertz CT molecular complexity index is 1210. The van der Waals surface area contributed by atoms with E-state index in [0.29, 0.717) is 5.75 Å². The summed E-state index contributed by atoms with van der Waals surface area (Å²) >= 11 is 0. The molecule has 0 aliphatic rings. The molecule has 30 heavy (non-hydrogen) atoms. The van der Waals surface area contributed by atoms with E-state index in [0.717, 1.165) is 45.0 Å². The Hall–Kier alpha value is -4.05. The molecule has 0 amide bonds. The van der Waals surface area contributed by atoms with E-state index < -0.39 is 5.97 Å². The van der Waals surface area contributed by atoms with Crippen molar-refractivity contribution in [2.75, 3.05) is 7.11 Å². The lowest BCUT2D eigenvalue weighted by Crippen LogP contribution is -1.91. The zero-order valence-corrected chi connectivity index (χ0v) is 16.4. The molecule has 0 fully saturated rings. The zero-order chi connectivity index (χ0) is 20.9. The van der Waals surface area contributed by atoms with E-state index in [9.17, 15) is 4.79 Å². The molecule has 0 aromatic heterocycles. The predicted octanol–water partition coefficient (Wildman–Crippen LogP) is 6.41. The van der Waals surface area contributed by atoms with Crippen LogP contribution >= 0.6 is 0 Å². The maximum absolute atomic E-state index is 10.7. The van der Waals surface area contributed by atoms with Crippen molar-refractivity contribution in [2.45, 2.75) is 0 Å². The Morgan fingerprint density at radius 2 is 1.53 bits per heavy atom. The second kappa shape index (κ2) is 8.53. The van der Waals surface area contributed by atoms with Gasteiger partial charge in [0.2, 0.25) is 0 Å². The largest absolute Gasteiger partial charge is 0.497 e. The molecule has 0 heterocycles. The lowest BCUT2D eigenvalue weighted by Gasteiger charge is -2.15. The van der Waals surface area contributed by atoms with Crippen molar-refractivity contribution in [1.82, 2.24) is 0 Å². The lowest BCUT2D eigenvalue weighted by atomic mass is 9.99. The molecule has 0 radical (unpaired) electrons. The van der Waals surface area contributed by atoms with Crippen molar-refractivity contribution in [2.24, 2.45) is 0 Å². The highest BCUT2D eigenvalue weighted by Crippen LogP contribution is 2.40. The van der Waals surface area contributed by atoms with Gasteiger partial charge >= 0.3 is 5.97 Å². The fraction of sp³-hybridized carbons (Fsp3) is 0.0385. The maximum atomic E-state index is 10.7. The van der Waals surface area contributed by atoms with Gasteiger partial charge in [-0.2, -0.15) is 0 Å². The molecule has 0 saturated carbocycles. The summed E-state index contributed by atoms with van der Waals surface area (Å²) in [6, 6.07) is 27.4. The fourth-order valence-corrected chi connectivity index (χ4v) is 3.28. The van der Waals surface area contributed by atoms with Crippen LogP contribution in [0.4, 0.5) is 0 Å². The minimum Gasteiger partial charge on any atom is -0.497 e. The Balaban J connectivity index is 1.75. The van der Waals surface area contributed by atoms with Crippen LogP contribution in [0.1, 0.15) is 5.56 Å². The van der Waals surface area contributed by atoms with Crippen LogP contribution in [-0.4, -0.2) is 18.2 Å². The second-order valence-electron chi connectivity index (χ2n) is 6.73. The van der Waals surface area contributed by atoms with Crippen LogP contribution in [-0.2, 0) is 4.79 Å². The maximum Gasteiger partial charge on any atom is 0.328 e. The van der Waals surface area contributed by atoms with Crippen molar-refractivity contribution in [3.8, 4) is 28.4 Å². The number of carboxylic acid groups (broad SMARTS) is 1. The summed E-state index contributed by atoms with van der Waals surface area (Å²) in [7, 11) is 1.65. The molecule has 0 aliphatic heterocycles. The molecule has 1 N–H and O–H groups in total. The second-order valence-corrected chi connectivity index (χ2v) is 6.73. The van der Waals surface area contributed by atoms with E-state index in [1.165, 1.54) is 0 Å². The van der Waals surface area contributed by atoms with Gasteiger partial charge in [0, 0.05) is 17.0 Å². The van der Waals surface area contributed by atoms with Crippen LogP contribution in [0.2, 0.25) is 0 Å². The van der Waals surface area contributed by atoms with Gasteiger partial charge in [-0.1, -0.05) is 54.6 Å². The molecule has 4 rings (SSSR count). The minimum atomic E-state index is -0.977. The molecule has 4 nitrogen and oxygen atoms in total. The number of fused-ring (bicyclic) bond motifs is 1. The number of methoxy groups -OCH3 is 1. The first kappa shape index (κ1) is 19.3. The summed E-state index contributed by atoms with van der Waals surface area (Å²) in [5.74, 6) is 1.27. The van der Waals surface area contributed by atoms with E-state index in [1.807, 2.05) is 66.7 Å². The van der Waals surface area contributed by atoms with Gasteiger partial charge < -0.3 is 14.6 Å². The SMILES string of the molecule is COc1ccc(-c2ccc3ccccc3c2Oc2ccc(/C=C/C(=O)O)cc2)cc1. The number of carbonyl (C=O) groups is 1. The lowest BCUT2D eigenvalue weighted by molar-refractivity contribution is -0.131. The highest BCUT2D eigenvalue weighted by atomic mass is 16.5. The molecule has 0 saturated heterocycles. The van der Waals surface area contributed by atoms with Crippen molar-refractivity contribution < 1.29 is 19.4 Å². The zero-order valence-electron chi connectivity index (χ0n) is 16.4. The Labute approximate surface area is 174 Å². The highest BCUT2D eigenvalue weighted by molar-refractivity contribution is 5.95. The predicted molar refractivity (Wildman–Crippen MR) is 119 cm³/mol. The average molecular weight is 396 g/mol. The van der Waals surface area contributed by atoms with Crippen molar-refractivity contribution in [1.29, 1.82) is 0 Å². The molecular weight excluding hydrogens is 376 g/mol. The van der Waals surface area contributed by atoms with Crippen LogP contribution in [0.15, 0.2) is 91.0 Å². The third-order valence-corrected chi connectivity index (χ3v) is 4.80. The van der Waals surface area contributed by atoms with Crippen molar-refractivity contribution in [3.63, 3.8) is 0 Å². The van der Waals surface area contributed by atoms with E-state index in [1.54, 1.807) is 13.2 Å². The number of hydrogen-bond acceptors (Lipinski definition) is 3. The molecular formula is C26H20O4. The van der Waals surface area contributed by atoms with Crippen LogP contribution in [0, 0.1) is 0 Å². The standard InChI is InChI=1S/C26H20O4/c1-29-21-14-9-20(10-15-21)24-16-11-19-4-2-3-5-23(19)26(24)30-22-12-6-18(7-13-22)8-17-25(27)28/h2-17H,1H3,(H,27,28)/b17-8+. The number of rotatable bonds is 6. The van der Waals surface area contributed by atoms with Crippen LogP contribution in [0.25, 0.3) is 28.0 Å². The summed E-state index contributed by atoms with van der Waals surface area (Å²) in [5, 5.41) is 10.9. The monoisotopic (exact) mass is 396 g/mol. The van der Waals surface area contributed by atoms with Crippen LogP contribution in [0.3, 0.4) is 0 Å². The number of benzene rings is 4. The average Bonchev–Trinajstić information content (AvgIpc) is 2.79. The van der Waals surface area contributed by atoms with Gasteiger partial charge in [0.15, 0.2) is 0 Å². The molecule has 0 aliphatic carbocycles. The summed E-state index contributed by atoms with van der Waals surface area (Å²) in [6.45, 7) is 0. The molecule has 0 spiro atoms. The first-order valence-corrected chi connectivity index (χ1v) is 9.49. The third kappa shape index (κ3) is 4.18. The van der Waals surface area contributed by atoms with Crippen molar-refractivity contribution in [3.05, 3.63) is 96.6 Å². The van der Waals surface area contributed by atoms with Crippen LogP contribution in [0.5, 0.6) is 17.2 Å². The first-order valence-electron chi connectivity index (χ1n) is 9.49. The summed E-state index contributed by atoms with van der Waals surface area (Å²) in [4.78, 5) is 10.7. The Morgan fingerprint density at radius 1 is 0.833 bits per heavy atom. The van der Waals surface area contributed by atoms with Gasteiger partial charge in [-0.3, -0.25) is 0 Å². The highest BCUT2D eigenvalue weighted by Gasteiger charge is 2.12. The molecule has 148 valence electrons. The number of aliphatic carboxylic acids is 1. The van der Waals surface area contributed by atoms with Crippen LogP contribution < -0.4 is 9.47 Å². The summed E-state index contributed by atoms with van der Waals surface area (Å²) < 4.78 is 11.6. The third-order valence-electron chi connectivity index (χ3n) is 4.80. The Kier molecular flexibility index (Phi) is 5.48. The van der Waals surface area contributed by atoms with Gasteiger partial charge in [0.05, 0.1) is 7.11 Å². The van der Waals surface area contributed by atoms with E-state index in [4.69, 9.17) is 14.6 Å². The molecule has 4 aromatic carbocycles. The van der Waals surface area contributed by atoms with E-state index in [-0.39, 0.29) is 0 Å². The Morgan fingerprint density at radius 3 is 2.23 bits per heavy atom. The van der Waals surface area contributed by atoms with E-state index in [2.05, 4.69) is 18.2 Å². The number of ether oxygens (including phenoxy) is 2. The summed E-state index contributed by atoms with van der Waals surface area (Å²) in [5.41, 5.74) is 2.79. The first-order chi connectivity index (χ1) is 14.6. The van der Waals surface area contributed by atoms with Gasteiger partial charge in [-0.15, -0.1) is 0 Å².